The molecule has 8 heteroatoms. The number of hydrogen-bond donors (Lipinski definition) is 2. The first-order valence-electron chi connectivity index (χ1n) is 8.19. The highest BCUT2D eigenvalue weighted by Crippen LogP contribution is 2.17. The van der Waals surface area contributed by atoms with Gasteiger partial charge in [0.25, 0.3) is 5.91 Å². The van der Waals surface area contributed by atoms with Crippen LogP contribution in [0.3, 0.4) is 0 Å². The summed E-state index contributed by atoms with van der Waals surface area (Å²) in [7, 11) is -3.68. The number of terminal acetylenes is 1. The minimum atomic E-state index is -3.68. The summed E-state index contributed by atoms with van der Waals surface area (Å²) in [5.74, 6) is 2.30. The summed E-state index contributed by atoms with van der Waals surface area (Å²) < 4.78 is 28.1. The van der Waals surface area contributed by atoms with E-state index in [0.717, 1.165) is 12.1 Å². The summed E-state index contributed by atoms with van der Waals surface area (Å²) in [6.07, 6.45) is 5.98. The van der Waals surface area contributed by atoms with Crippen LogP contribution in [-0.2, 0) is 10.0 Å². The number of benzene rings is 1. The van der Waals surface area contributed by atoms with Gasteiger partial charge in [-0.05, 0) is 44.5 Å². The van der Waals surface area contributed by atoms with E-state index in [9.17, 15) is 13.2 Å². The Morgan fingerprint density at radius 3 is 2.58 bits per heavy atom. The van der Waals surface area contributed by atoms with Gasteiger partial charge in [0.05, 0.1) is 11.4 Å². The molecule has 0 saturated carbocycles. The molecular formula is C18H22N4O3S. The summed E-state index contributed by atoms with van der Waals surface area (Å²) in [6.45, 7) is 5.96. The Hall–Kier alpha value is -2.63. The molecule has 0 radical (unpaired) electrons. The third-order valence-corrected chi connectivity index (χ3v) is 5.38. The van der Waals surface area contributed by atoms with E-state index >= 15 is 0 Å². The Morgan fingerprint density at radius 1 is 1.35 bits per heavy atom. The van der Waals surface area contributed by atoms with E-state index in [0.29, 0.717) is 11.4 Å². The molecule has 0 spiro atoms. The zero-order valence-electron chi connectivity index (χ0n) is 15.0. The normalized spacial score (nSPS) is 12.4. The molecule has 0 fully saturated rings. The maximum atomic E-state index is 12.4. The van der Waals surface area contributed by atoms with E-state index in [-0.39, 0.29) is 23.4 Å². The van der Waals surface area contributed by atoms with Gasteiger partial charge in [-0.15, -0.1) is 6.42 Å². The molecule has 1 aromatic carbocycles. The number of rotatable bonds is 7. The van der Waals surface area contributed by atoms with Crippen molar-refractivity contribution in [2.75, 3.05) is 11.9 Å². The van der Waals surface area contributed by atoms with Gasteiger partial charge < -0.3 is 5.32 Å². The summed E-state index contributed by atoms with van der Waals surface area (Å²) in [4.78, 5) is 12.4. The lowest BCUT2D eigenvalue weighted by Crippen LogP contribution is -2.24. The first-order chi connectivity index (χ1) is 12.3. The second-order valence-corrected chi connectivity index (χ2v) is 7.65. The van der Waals surface area contributed by atoms with Crippen LogP contribution in [0, 0.1) is 19.3 Å². The first-order valence-corrected chi connectivity index (χ1v) is 9.67. The largest absolute Gasteiger partial charge is 0.305 e. The molecule has 0 bridgehead atoms. The Kier molecular flexibility index (Phi) is 6.18. The molecule has 138 valence electrons. The van der Waals surface area contributed by atoms with Crippen LogP contribution in [0.25, 0.3) is 0 Å². The quantitative estimate of drug-likeness (QED) is 0.728. The molecule has 1 atom stereocenters. The molecule has 0 aliphatic rings. The van der Waals surface area contributed by atoms with Crippen LogP contribution in [0.5, 0.6) is 0 Å². The molecule has 0 aliphatic heterocycles. The van der Waals surface area contributed by atoms with Crippen molar-refractivity contribution in [1.82, 2.24) is 14.5 Å². The van der Waals surface area contributed by atoms with Crippen LogP contribution in [0.2, 0.25) is 0 Å². The van der Waals surface area contributed by atoms with Crippen LogP contribution in [-0.4, -0.2) is 30.7 Å². The molecule has 2 rings (SSSR count). The van der Waals surface area contributed by atoms with Gasteiger partial charge in [0, 0.05) is 23.4 Å². The van der Waals surface area contributed by atoms with Crippen molar-refractivity contribution in [2.24, 2.45) is 0 Å². The lowest BCUT2D eigenvalue weighted by molar-refractivity contribution is 0.102. The van der Waals surface area contributed by atoms with Gasteiger partial charge in [0.1, 0.15) is 0 Å². The second kappa shape index (κ2) is 8.17. The zero-order valence-corrected chi connectivity index (χ0v) is 15.8. The average molecular weight is 374 g/mol. The molecule has 1 amide bonds. The predicted molar refractivity (Wildman–Crippen MR) is 100 cm³/mol. The molecule has 1 aromatic heterocycles. The number of amides is 1. The van der Waals surface area contributed by atoms with Crippen molar-refractivity contribution in [3.05, 3.63) is 41.6 Å². The van der Waals surface area contributed by atoms with E-state index in [1.165, 1.54) is 24.3 Å². The number of nitrogens with zero attached hydrogens (tertiary/aromatic N) is 2. The van der Waals surface area contributed by atoms with Crippen molar-refractivity contribution in [2.45, 2.75) is 38.1 Å². The third kappa shape index (κ3) is 4.50. The van der Waals surface area contributed by atoms with Crippen molar-refractivity contribution in [3.63, 3.8) is 0 Å². The molecule has 0 unspecified atom stereocenters. The summed E-state index contributed by atoms with van der Waals surface area (Å²) in [5.41, 5.74) is 1.28. The fourth-order valence-corrected chi connectivity index (χ4v) is 3.30. The van der Waals surface area contributed by atoms with E-state index < -0.39 is 10.0 Å². The van der Waals surface area contributed by atoms with Crippen molar-refractivity contribution in [3.8, 4) is 12.3 Å². The second-order valence-electron chi connectivity index (χ2n) is 5.88. The van der Waals surface area contributed by atoms with Crippen molar-refractivity contribution in [1.29, 1.82) is 0 Å². The van der Waals surface area contributed by atoms with Gasteiger partial charge >= 0.3 is 0 Å². The number of sulfonamides is 1. The Labute approximate surface area is 153 Å². The Balaban J connectivity index is 2.13. The van der Waals surface area contributed by atoms with Crippen LogP contribution >= 0.6 is 0 Å². The molecular weight excluding hydrogens is 352 g/mol. The van der Waals surface area contributed by atoms with E-state index in [1.807, 2.05) is 11.6 Å². The summed E-state index contributed by atoms with van der Waals surface area (Å²) in [6, 6.07) is 7.64. The number of hydrogen-bond acceptors (Lipinski definition) is 4. The topological polar surface area (TPSA) is 93.1 Å². The number of aryl methyl sites for hydroxylation is 1. The Morgan fingerprint density at radius 2 is 2.00 bits per heavy atom. The molecule has 26 heavy (non-hydrogen) atoms. The Bertz CT molecular complexity index is 924. The fourth-order valence-electron chi connectivity index (χ4n) is 2.36. The number of aromatic nitrogens is 2. The van der Waals surface area contributed by atoms with Gasteiger partial charge in [-0.25, -0.2) is 8.42 Å². The molecule has 7 nitrogen and oxygen atoms in total. The van der Waals surface area contributed by atoms with Crippen LogP contribution in [0.1, 0.15) is 42.4 Å². The zero-order chi connectivity index (χ0) is 19.3. The molecule has 0 saturated heterocycles. The lowest BCUT2D eigenvalue weighted by Gasteiger charge is -2.11. The molecule has 2 aromatic rings. The van der Waals surface area contributed by atoms with Crippen molar-refractivity contribution < 1.29 is 13.2 Å². The third-order valence-electron chi connectivity index (χ3n) is 3.96. The highest BCUT2D eigenvalue weighted by Gasteiger charge is 2.15. The minimum absolute atomic E-state index is 0.0428. The summed E-state index contributed by atoms with van der Waals surface area (Å²) >= 11 is 0. The number of anilines is 1. The number of carbonyl (C=O) groups is 1. The van der Waals surface area contributed by atoms with Gasteiger partial charge in [0.15, 0.2) is 5.82 Å². The van der Waals surface area contributed by atoms with Crippen LogP contribution < -0.4 is 10.0 Å². The van der Waals surface area contributed by atoms with Crippen molar-refractivity contribution >= 4 is 21.7 Å². The first kappa shape index (κ1) is 19.7. The lowest BCUT2D eigenvalue weighted by atomic mass is 10.2. The maximum Gasteiger partial charge on any atom is 0.256 e. The number of nitrogens with one attached hydrogen (secondary N) is 2. The standard InChI is InChI=1S/C18H22N4O3S/c1-5-11-19-26(24,25)16-9-7-15(8-10-16)18(23)20-17-12-14(4)22(21-17)13(3)6-2/h1,7-10,12-13,19H,6,11H2,2-4H3,(H,20,21,23)/t13-/m0/s1. The van der Waals surface area contributed by atoms with Gasteiger partial charge in [-0.2, -0.15) is 9.82 Å². The predicted octanol–water partition coefficient (Wildman–Crippen LogP) is 2.33. The van der Waals surface area contributed by atoms with E-state index in [4.69, 9.17) is 6.42 Å². The average Bonchev–Trinajstić information content (AvgIpc) is 2.99. The van der Waals surface area contributed by atoms with Crippen LogP contribution in [0.4, 0.5) is 5.82 Å². The van der Waals surface area contributed by atoms with Gasteiger partial charge in [0.2, 0.25) is 10.0 Å². The van der Waals surface area contributed by atoms with E-state index in [2.05, 4.69) is 34.9 Å². The van der Waals surface area contributed by atoms with Gasteiger partial charge in [-0.1, -0.05) is 12.8 Å². The molecule has 2 N–H and O–H groups in total. The van der Waals surface area contributed by atoms with Crippen LogP contribution in [0.15, 0.2) is 35.2 Å². The minimum Gasteiger partial charge on any atom is -0.305 e. The van der Waals surface area contributed by atoms with Gasteiger partial charge in [-0.3, -0.25) is 9.48 Å². The molecule has 1 heterocycles. The number of carbonyl (C=O) groups excluding carboxylic acids is 1. The monoisotopic (exact) mass is 374 g/mol. The highest BCUT2D eigenvalue weighted by molar-refractivity contribution is 7.89. The molecule has 0 aliphatic carbocycles. The fraction of sp³-hybridized carbons (Fsp3) is 0.333. The summed E-state index contributed by atoms with van der Waals surface area (Å²) in [5, 5.41) is 7.13. The smallest absolute Gasteiger partial charge is 0.256 e. The highest BCUT2D eigenvalue weighted by atomic mass is 32.2. The maximum absolute atomic E-state index is 12.4. The SMILES string of the molecule is C#CCNS(=O)(=O)c1ccc(C(=O)Nc2cc(C)n([C@@H](C)CC)n2)cc1. The van der Waals surface area contributed by atoms with E-state index in [1.54, 1.807) is 6.07 Å².